The number of methoxy groups -OCH3 is 1. The molecule has 0 radical (unpaired) electrons. The molecule has 0 atom stereocenters. The minimum atomic E-state index is -0.277. The molecule has 1 saturated carbocycles. The third-order valence-corrected chi connectivity index (χ3v) is 3.60. The lowest BCUT2D eigenvalue weighted by atomic mass is 10.2. The Morgan fingerprint density at radius 1 is 1.35 bits per heavy atom. The van der Waals surface area contributed by atoms with Crippen LogP contribution >= 0.6 is 0 Å². The minimum Gasteiger partial charge on any atom is -0.494 e. The molecule has 1 aliphatic rings. The van der Waals surface area contributed by atoms with Crippen LogP contribution in [-0.4, -0.2) is 17.7 Å². The van der Waals surface area contributed by atoms with Gasteiger partial charge in [-0.2, -0.15) is 0 Å². The van der Waals surface area contributed by atoms with E-state index in [0.717, 1.165) is 6.54 Å². The average Bonchev–Trinajstić information content (AvgIpc) is 3.19. The van der Waals surface area contributed by atoms with E-state index in [-0.39, 0.29) is 5.82 Å². The standard InChI is InChI=1S/C16H19FN2O/c1-20-15-4-2-3-13(16(15)17)11-19-8-7-12(10-19)9-18-14-5-6-14/h2-4,7-8,10,14,18H,5-6,9,11H2,1H3. The van der Waals surface area contributed by atoms with Crippen molar-refractivity contribution < 1.29 is 9.13 Å². The Bertz CT molecular complexity index is 590. The Hall–Kier alpha value is -1.81. The summed E-state index contributed by atoms with van der Waals surface area (Å²) in [4.78, 5) is 0. The van der Waals surface area contributed by atoms with Gasteiger partial charge in [-0.15, -0.1) is 0 Å². The summed E-state index contributed by atoms with van der Waals surface area (Å²) in [5, 5.41) is 3.47. The van der Waals surface area contributed by atoms with Gasteiger partial charge in [0.05, 0.1) is 13.7 Å². The van der Waals surface area contributed by atoms with Gasteiger partial charge in [0, 0.05) is 30.5 Å². The predicted octanol–water partition coefficient (Wildman–Crippen LogP) is 2.94. The molecular weight excluding hydrogens is 255 g/mol. The second-order valence-corrected chi connectivity index (χ2v) is 5.28. The van der Waals surface area contributed by atoms with Gasteiger partial charge in [-0.25, -0.2) is 4.39 Å². The van der Waals surface area contributed by atoms with Gasteiger partial charge in [-0.1, -0.05) is 12.1 Å². The summed E-state index contributed by atoms with van der Waals surface area (Å²) >= 11 is 0. The molecule has 2 aromatic rings. The van der Waals surface area contributed by atoms with Crippen LogP contribution < -0.4 is 10.1 Å². The minimum absolute atomic E-state index is 0.277. The second kappa shape index (κ2) is 5.67. The quantitative estimate of drug-likeness (QED) is 0.876. The van der Waals surface area contributed by atoms with Gasteiger partial charge < -0.3 is 14.6 Å². The summed E-state index contributed by atoms with van der Waals surface area (Å²) in [5.74, 6) is 0.0200. The SMILES string of the molecule is COc1cccc(Cn2ccc(CNC3CC3)c2)c1F. The van der Waals surface area contributed by atoms with E-state index in [9.17, 15) is 4.39 Å². The van der Waals surface area contributed by atoms with Gasteiger partial charge >= 0.3 is 0 Å². The number of hydrogen-bond donors (Lipinski definition) is 1. The molecule has 4 heteroatoms. The van der Waals surface area contributed by atoms with Crippen molar-refractivity contribution in [2.24, 2.45) is 0 Å². The number of halogens is 1. The number of aromatic nitrogens is 1. The first-order valence-electron chi connectivity index (χ1n) is 6.95. The van der Waals surface area contributed by atoms with Gasteiger partial charge in [-0.3, -0.25) is 0 Å². The summed E-state index contributed by atoms with van der Waals surface area (Å²) in [6.45, 7) is 1.41. The van der Waals surface area contributed by atoms with E-state index < -0.39 is 0 Å². The van der Waals surface area contributed by atoms with Gasteiger partial charge in [0.25, 0.3) is 0 Å². The molecule has 1 aromatic heterocycles. The van der Waals surface area contributed by atoms with Crippen LogP contribution in [0.15, 0.2) is 36.7 Å². The van der Waals surface area contributed by atoms with Crippen LogP contribution in [0.1, 0.15) is 24.0 Å². The molecule has 0 aliphatic heterocycles. The Kier molecular flexibility index (Phi) is 3.74. The summed E-state index contributed by atoms with van der Waals surface area (Å²) in [6, 6.07) is 8.03. The number of benzene rings is 1. The number of rotatable bonds is 6. The van der Waals surface area contributed by atoms with Gasteiger partial charge in [0.15, 0.2) is 11.6 Å². The normalized spacial score (nSPS) is 14.5. The van der Waals surface area contributed by atoms with Crippen LogP contribution in [0.3, 0.4) is 0 Å². The topological polar surface area (TPSA) is 26.2 Å². The number of hydrogen-bond acceptors (Lipinski definition) is 2. The summed E-state index contributed by atoms with van der Waals surface area (Å²) in [6.07, 6.45) is 6.63. The van der Waals surface area contributed by atoms with Crippen molar-refractivity contribution in [3.05, 3.63) is 53.6 Å². The van der Waals surface area contributed by atoms with Crippen molar-refractivity contribution in [2.45, 2.75) is 32.0 Å². The van der Waals surface area contributed by atoms with Crippen molar-refractivity contribution in [3.63, 3.8) is 0 Å². The van der Waals surface area contributed by atoms with E-state index in [1.807, 2.05) is 16.8 Å². The highest BCUT2D eigenvalue weighted by Gasteiger charge is 2.20. The van der Waals surface area contributed by atoms with Crippen LogP contribution in [0.5, 0.6) is 5.75 Å². The molecule has 0 spiro atoms. The first-order valence-corrected chi connectivity index (χ1v) is 6.95. The molecule has 106 valence electrons. The lowest BCUT2D eigenvalue weighted by Crippen LogP contribution is -2.14. The third kappa shape index (κ3) is 3.02. The van der Waals surface area contributed by atoms with Crippen LogP contribution in [0.4, 0.5) is 4.39 Å². The van der Waals surface area contributed by atoms with Crippen molar-refractivity contribution in [1.29, 1.82) is 0 Å². The largest absolute Gasteiger partial charge is 0.494 e. The smallest absolute Gasteiger partial charge is 0.170 e. The molecule has 0 bridgehead atoms. The van der Waals surface area contributed by atoms with E-state index >= 15 is 0 Å². The lowest BCUT2D eigenvalue weighted by Gasteiger charge is -2.08. The van der Waals surface area contributed by atoms with Crippen molar-refractivity contribution >= 4 is 0 Å². The highest BCUT2D eigenvalue weighted by atomic mass is 19.1. The molecule has 3 nitrogen and oxygen atoms in total. The fraction of sp³-hybridized carbons (Fsp3) is 0.375. The first-order chi connectivity index (χ1) is 9.76. The van der Waals surface area contributed by atoms with E-state index in [4.69, 9.17) is 4.74 Å². The number of ether oxygens (including phenoxy) is 1. The monoisotopic (exact) mass is 274 g/mol. The van der Waals surface area contributed by atoms with Crippen LogP contribution in [0.2, 0.25) is 0 Å². The maximum absolute atomic E-state index is 14.1. The van der Waals surface area contributed by atoms with Gasteiger partial charge in [0.1, 0.15) is 0 Å². The zero-order valence-electron chi connectivity index (χ0n) is 11.6. The highest BCUT2D eigenvalue weighted by Crippen LogP contribution is 2.21. The van der Waals surface area contributed by atoms with Crippen LogP contribution in [0.25, 0.3) is 0 Å². The molecule has 0 amide bonds. The van der Waals surface area contributed by atoms with Crippen molar-refractivity contribution in [2.75, 3.05) is 7.11 Å². The molecule has 1 fully saturated rings. The molecule has 1 aromatic carbocycles. The van der Waals surface area contributed by atoms with Gasteiger partial charge in [0.2, 0.25) is 0 Å². The lowest BCUT2D eigenvalue weighted by molar-refractivity contribution is 0.383. The Morgan fingerprint density at radius 3 is 2.95 bits per heavy atom. The molecular formula is C16H19FN2O. The molecule has 20 heavy (non-hydrogen) atoms. The van der Waals surface area contributed by atoms with Crippen molar-refractivity contribution in [1.82, 2.24) is 9.88 Å². The Balaban J connectivity index is 1.67. The zero-order chi connectivity index (χ0) is 13.9. The number of nitrogens with one attached hydrogen (secondary N) is 1. The molecule has 1 aliphatic carbocycles. The summed E-state index contributed by atoms with van der Waals surface area (Å²) in [7, 11) is 1.49. The van der Waals surface area contributed by atoms with Crippen LogP contribution in [-0.2, 0) is 13.1 Å². The molecule has 0 saturated heterocycles. The zero-order valence-corrected chi connectivity index (χ0v) is 11.6. The predicted molar refractivity (Wildman–Crippen MR) is 76.3 cm³/mol. The van der Waals surface area contributed by atoms with E-state index in [1.165, 1.54) is 25.5 Å². The van der Waals surface area contributed by atoms with E-state index in [0.29, 0.717) is 23.9 Å². The van der Waals surface area contributed by atoms with Gasteiger partial charge in [-0.05, 0) is 30.5 Å². The summed E-state index contributed by atoms with van der Waals surface area (Å²) < 4.78 is 21.1. The van der Waals surface area contributed by atoms with E-state index in [1.54, 1.807) is 12.1 Å². The molecule has 1 heterocycles. The Morgan fingerprint density at radius 2 is 2.20 bits per heavy atom. The first kappa shape index (κ1) is 13.2. The fourth-order valence-electron chi connectivity index (χ4n) is 2.28. The van der Waals surface area contributed by atoms with Crippen molar-refractivity contribution in [3.8, 4) is 5.75 Å². The third-order valence-electron chi connectivity index (χ3n) is 3.60. The summed E-state index contributed by atoms with van der Waals surface area (Å²) in [5.41, 5.74) is 1.88. The fourth-order valence-corrected chi connectivity index (χ4v) is 2.28. The molecule has 0 unspecified atom stereocenters. The number of nitrogens with zero attached hydrogens (tertiary/aromatic N) is 1. The Labute approximate surface area is 118 Å². The average molecular weight is 274 g/mol. The van der Waals surface area contributed by atoms with E-state index in [2.05, 4.69) is 17.6 Å². The molecule has 3 rings (SSSR count). The highest BCUT2D eigenvalue weighted by molar-refractivity contribution is 5.31. The second-order valence-electron chi connectivity index (χ2n) is 5.28. The van der Waals surface area contributed by atoms with Crippen LogP contribution in [0, 0.1) is 5.82 Å². The molecule has 1 N–H and O–H groups in total. The maximum Gasteiger partial charge on any atom is 0.170 e. The maximum atomic E-state index is 14.1.